The number of piperidine rings is 1. The van der Waals surface area contributed by atoms with Crippen molar-refractivity contribution in [2.24, 2.45) is 11.8 Å². The minimum atomic E-state index is -0.0855. The smallest absolute Gasteiger partial charge is 0.236 e. The molecular weight excluding hydrogens is 306 g/mol. The van der Waals surface area contributed by atoms with Crippen LogP contribution in [0.2, 0.25) is 0 Å². The standard InChI is InChI=1S/C18H31N3O3/c1-13(2)19(3)12-17(22)21-10-15(14-6-9-24-16(14)11-21)18(23)20-7-4-5-8-20/h13-16H,4-12H2,1-3H3/t14-,15+,16+/m0/s1. The van der Waals surface area contributed by atoms with Crippen LogP contribution in [0.5, 0.6) is 0 Å². The van der Waals surface area contributed by atoms with Gasteiger partial charge in [0.1, 0.15) is 0 Å². The van der Waals surface area contributed by atoms with E-state index in [1.807, 2.05) is 21.7 Å². The SMILES string of the molecule is CC(C)N(C)CC(=O)N1C[C@H]2OCC[C@H]2[C@H](C(=O)N2CCCC2)C1. The molecule has 3 atom stereocenters. The number of nitrogens with zero attached hydrogens (tertiary/aromatic N) is 3. The van der Waals surface area contributed by atoms with Gasteiger partial charge in [-0.25, -0.2) is 0 Å². The summed E-state index contributed by atoms with van der Waals surface area (Å²) in [7, 11) is 1.97. The first kappa shape index (κ1) is 17.7. The lowest BCUT2D eigenvalue weighted by Crippen LogP contribution is -2.56. The monoisotopic (exact) mass is 337 g/mol. The number of likely N-dealkylation sites (N-methyl/N-ethyl adjacent to an activating group) is 1. The second-order valence-electron chi connectivity index (χ2n) is 7.81. The molecule has 0 spiro atoms. The van der Waals surface area contributed by atoms with Crippen molar-refractivity contribution in [3.63, 3.8) is 0 Å². The third kappa shape index (κ3) is 3.59. The number of fused-ring (bicyclic) bond motifs is 1. The zero-order valence-electron chi connectivity index (χ0n) is 15.2. The van der Waals surface area contributed by atoms with Gasteiger partial charge in [-0.3, -0.25) is 14.5 Å². The molecule has 0 aromatic carbocycles. The van der Waals surface area contributed by atoms with Gasteiger partial charge in [0.05, 0.1) is 18.6 Å². The van der Waals surface area contributed by atoms with E-state index in [1.54, 1.807) is 0 Å². The van der Waals surface area contributed by atoms with Gasteiger partial charge >= 0.3 is 0 Å². The molecule has 6 heteroatoms. The quantitative estimate of drug-likeness (QED) is 0.762. The summed E-state index contributed by atoms with van der Waals surface area (Å²) in [4.78, 5) is 31.6. The summed E-state index contributed by atoms with van der Waals surface area (Å²) < 4.78 is 5.85. The van der Waals surface area contributed by atoms with Crippen LogP contribution in [0.4, 0.5) is 0 Å². The van der Waals surface area contributed by atoms with E-state index in [1.165, 1.54) is 0 Å². The summed E-state index contributed by atoms with van der Waals surface area (Å²) in [6.07, 6.45) is 3.18. The first-order valence-corrected chi connectivity index (χ1v) is 9.35. The second-order valence-corrected chi connectivity index (χ2v) is 7.81. The Labute approximate surface area is 145 Å². The highest BCUT2D eigenvalue weighted by Gasteiger charge is 2.46. The number of carbonyl (C=O) groups excluding carboxylic acids is 2. The van der Waals surface area contributed by atoms with Crippen molar-refractivity contribution in [1.82, 2.24) is 14.7 Å². The van der Waals surface area contributed by atoms with Crippen LogP contribution in [0.25, 0.3) is 0 Å². The summed E-state index contributed by atoms with van der Waals surface area (Å²) in [5.74, 6) is 0.546. The zero-order valence-corrected chi connectivity index (χ0v) is 15.2. The van der Waals surface area contributed by atoms with Crippen LogP contribution >= 0.6 is 0 Å². The minimum Gasteiger partial charge on any atom is -0.376 e. The van der Waals surface area contributed by atoms with E-state index in [0.29, 0.717) is 32.3 Å². The van der Waals surface area contributed by atoms with E-state index in [9.17, 15) is 9.59 Å². The van der Waals surface area contributed by atoms with Gasteiger partial charge in [0.15, 0.2) is 0 Å². The normalized spacial score (nSPS) is 30.3. The van der Waals surface area contributed by atoms with Crippen molar-refractivity contribution >= 4 is 11.8 Å². The fourth-order valence-electron chi connectivity index (χ4n) is 4.11. The highest BCUT2D eigenvalue weighted by molar-refractivity contribution is 5.83. The molecule has 0 saturated carbocycles. The predicted molar refractivity (Wildman–Crippen MR) is 91.5 cm³/mol. The molecule has 3 aliphatic rings. The third-order valence-corrected chi connectivity index (χ3v) is 5.95. The molecular formula is C18H31N3O3. The first-order valence-electron chi connectivity index (χ1n) is 9.35. The average molecular weight is 337 g/mol. The predicted octanol–water partition coefficient (Wildman–Crippen LogP) is 0.813. The van der Waals surface area contributed by atoms with Crippen LogP contribution in [0.1, 0.15) is 33.1 Å². The summed E-state index contributed by atoms with van der Waals surface area (Å²) in [6, 6.07) is 0.330. The van der Waals surface area contributed by atoms with Gasteiger partial charge in [-0.15, -0.1) is 0 Å². The van der Waals surface area contributed by atoms with Crippen molar-refractivity contribution < 1.29 is 14.3 Å². The Morgan fingerprint density at radius 3 is 2.54 bits per heavy atom. The lowest BCUT2D eigenvalue weighted by Gasteiger charge is -2.41. The average Bonchev–Trinajstić information content (AvgIpc) is 3.24. The molecule has 3 rings (SSSR count). The van der Waals surface area contributed by atoms with Gasteiger partial charge < -0.3 is 14.5 Å². The second kappa shape index (κ2) is 7.40. The largest absolute Gasteiger partial charge is 0.376 e. The minimum absolute atomic E-state index is 0.0311. The van der Waals surface area contributed by atoms with E-state index in [2.05, 4.69) is 13.8 Å². The van der Waals surface area contributed by atoms with Gasteiger partial charge in [-0.05, 0) is 40.2 Å². The van der Waals surface area contributed by atoms with Gasteiger partial charge in [0.2, 0.25) is 11.8 Å². The van der Waals surface area contributed by atoms with Crippen LogP contribution in [0.3, 0.4) is 0 Å². The molecule has 136 valence electrons. The Hall–Kier alpha value is -1.14. The molecule has 3 fully saturated rings. The third-order valence-electron chi connectivity index (χ3n) is 5.95. The molecule has 24 heavy (non-hydrogen) atoms. The number of likely N-dealkylation sites (tertiary alicyclic amines) is 2. The maximum atomic E-state index is 13.0. The fourth-order valence-corrected chi connectivity index (χ4v) is 4.11. The molecule has 2 amide bonds. The van der Waals surface area contributed by atoms with Gasteiger partial charge in [0.25, 0.3) is 0 Å². The van der Waals surface area contributed by atoms with Crippen LogP contribution in [-0.2, 0) is 14.3 Å². The van der Waals surface area contributed by atoms with Crippen LogP contribution in [-0.4, -0.2) is 85.0 Å². The molecule has 0 radical (unpaired) electrons. The van der Waals surface area contributed by atoms with Crippen molar-refractivity contribution in [3.8, 4) is 0 Å². The van der Waals surface area contributed by atoms with Crippen molar-refractivity contribution in [1.29, 1.82) is 0 Å². The maximum absolute atomic E-state index is 13.0. The van der Waals surface area contributed by atoms with Crippen LogP contribution < -0.4 is 0 Å². The van der Waals surface area contributed by atoms with E-state index >= 15 is 0 Å². The molecule has 3 heterocycles. The van der Waals surface area contributed by atoms with Gasteiger partial charge in [0, 0.05) is 44.7 Å². The topological polar surface area (TPSA) is 53.1 Å². The summed E-state index contributed by atoms with van der Waals surface area (Å²) in [6.45, 7) is 8.23. The summed E-state index contributed by atoms with van der Waals surface area (Å²) in [5.41, 5.74) is 0. The van der Waals surface area contributed by atoms with Crippen LogP contribution in [0.15, 0.2) is 0 Å². The van der Waals surface area contributed by atoms with Crippen molar-refractivity contribution in [2.75, 3.05) is 46.4 Å². The lowest BCUT2D eigenvalue weighted by molar-refractivity contribution is -0.147. The summed E-state index contributed by atoms with van der Waals surface area (Å²) >= 11 is 0. The Bertz CT molecular complexity index is 476. The van der Waals surface area contributed by atoms with Gasteiger partial charge in [-0.2, -0.15) is 0 Å². The van der Waals surface area contributed by atoms with Crippen molar-refractivity contribution in [3.05, 3.63) is 0 Å². The number of rotatable bonds is 4. The Kier molecular flexibility index (Phi) is 5.45. The number of amides is 2. The molecule has 6 nitrogen and oxygen atoms in total. The summed E-state index contributed by atoms with van der Waals surface area (Å²) in [5, 5.41) is 0. The molecule has 0 N–H and O–H groups in total. The zero-order chi connectivity index (χ0) is 17.3. The molecule has 0 unspecified atom stereocenters. The van der Waals surface area contributed by atoms with Gasteiger partial charge in [-0.1, -0.05) is 0 Å². The van der Waals surface area contributed by atoms with Crippen LogP contribution in [0, 0.1) is 11.8 Å². The Balaban J connectivity index is 1.69. The highest BCUT2D eigenvalue weighted by atomic mass is 16.5. The number of hydrogen-bond donors (Lipinski definition) is 0. The number of ether oxygens (including phenoxy) is 1. The molecule has 0 bridgehead atoms. The molecule has 0 aromatic heterocycles. The first-order chi connectivity index (χ1) is 11.5. The van der Waals surface area contributed by atoms with E-state index in [4.69, 9.17) is 4.74 Å². The molecule has 3 saturated heterocycles. The highest BCUT2D eigenvalue weighted by Crippen LogP contribution is 2.35. The Morgan fingerprint density at radius 2 is 1.88 bits per heavy atom. The van der Waals surface area contributed by atoms with E-state index in [0.717, 1.165) is 32.4 Å². The van der Waals surface area contributed by atoms with E-state index in [-0.39, 0.29) is 29.8 Å². The van der Waals surface area contributed by atoms with Crippen molar-refractivity contribution in [2.45, 2.75) is 45.3 Å². The number of hydrogen-bond acceptors (Lipinski definition) is 4. The molecule has 3 aliphatic heterocycles. The molecule has 0 aromatic rings. The van der Waals surface area contributed by atoms with E-state index < -0.39 is 0 Å². The molecule has 0 aliphatic carbocycles. The number of carbonyl (C=O) groups is 2. The lowest BCUT2D eigenvalue weighted by atomic mass is 9.81. The fraction of sp³-hybridized carbons (Fsp3) is 0.889. The Morgan fingerprint density at radius 1 is 1.17 bits per heavy atom. The maximum Gasteiger partial charge on any atom is 0.236 e.